The van der Waals surface area contributed by atoms with Crippen LogP contribution in [0.15, 0.2) is 49.1 Å². The molecule has 0 heterocycles. The first-order chi connectivity index (χ1) is 7.70. The van der Waals surface area contributed by atoms with E-state index < -0.39 is 0 Å². The second kappa shape index (κ2) is 4.27. The minimum atomic E-state index is -0.118. The third kappa shape index (κ3) is 2.01. The lowest BCUT2D eigenvalue weighted by Crippen LogP contribution is -2.07. The van der Waals surface area contributed by atoms with Gasteiger partial charge in [0.25, 0.3) is 0 Å². The zero-order valence-corrected chi connectivity index (χ0v) is 9.18. The number of hydrogen-bond acceptors (Lipinski definition) is 2. The average molecular weight is 214 g/mol. The van der Waals surface area contributed by atoms with Crippen molar-refractivity contribution in [3.63, 3.8) is 0 Å². The van der Waals surface area contributed by atoms with E-state index in [1.54, 1.807) is 12.1 Å². The predicted octanol–water partition coefficient (Wildman–Crippen LogP) is 3.50. The van der Waals surface area contributed by atoms with E-state index in [4.69, 9.17) is 4.74 Å². The molecule has 2 heteroatoms. The topological polar surface area (TPSA) is 29.5 Å². The summed E-state index contributed by atoms with van der Waals surface area (Å²) in [6, 6.07) is 11.4. The standard InChI is InChI=1S/C14H14O2/c1-3-10(2)16-14-9-12-7-5-4-6-11(12)8-13(14)15/h3-10,15H,1H2,2H3. The largest absolute Gasteiger partial charge is 0.504 e. The van der Waals surface area contributed by atoms with Crippen molar-refractivity contribution in [1.29, 1.82) is 0 Å². The van der Waals surface area contributed by atoms with Gasteiger partial charge >= 0.3 is 0 Å². The van der Waals surface area contributed by atoms with Crippen LogP contribution in [0.3, 0.4) is 0 Å². The summed E-state index contributed by atoms with van der Waals surface area (Å²) in [5, 5.41) is 11.8. The monoisotopic (exact) mass is 214 g/mol. The molecule has 1 unspecified atom stereocenters. The summed E-state index contributed by atoms with van der Waals surface area (Å²) in [6.45, 7) is 5.52. The molecule has 2 aromatic rings. The minimum Gasteiger partial charge on any atom is -0.504 e. The Morgan fingerprint density at radius 3 is 2.50 bits per heavy atom. The predicted molar refractivity (Wildman–Crippen MR) is 65.9 cm³/mol. The number of ether oxygens (including phenoxy) is 1. The van der Waals surface area contributed by atoms with Crippen LogP contribution < -0.4 is 4.74 Å². The molecule has 0 bridgehead atoms. The Kier molecular flexibility index (Phi) is 2.82. The van der Waals surface area contributed by atoms with Gasteiger partial charge < -0.3 is 9.84 Å². The van der Waals surface area contributed by atoms with Crippen LogP contribution >= 0.6 is 0 Å². The molecule has 0 fully saturated rings. The van der Waals surface area contributed by atoms with E-state index in [0.717, 1.165) is 10.8 Å². The van der Waals surface area contributed by atoms with Gasteiger partial charge in [-0.2, -0.15) is 0 Å². The maximum absolute atomic E-state index is 9.79. The van der Waals surface area contributed by atoms with Crippen molar-refractivity contribution in [2.45, 2.75) is 13.0 Å². The molecule has 0 aromatic heterocycles. The number of aromatic hydroxyl groups is 1. The summed E-state index contributed by atoms with van der Waals surface area (Å²) in [7, 11) is 0. The highest BCUT2D eigenvalue weighted by Gasteiger charge is 2.06. The van der Waals surface area contributed by atoms with Gasteiger partial charge in [-0.05, 0) is 29.8 Å². The number of hydrogen-bond donors (Lipinski definition) is 1. The van der Waals surface area contributed by atoms with Crippen LogP contribution in [0.2, 0.25) is 0 Å². The first kappa shape index (κ1) is 10.6. The number of rotatable bonds is 3. The summed E-state index contributed by atoms with van der Waals surface area (Å²) < 4.78 is 5.53. The minimum absolute atomic E-state index is 0.118. The molecule has 82 valence electrons. The van der Waals surface area contributed by atoms with Crippen LogP contribution in [0.5, 0.6) is 11.5 Å². The lowest BCUT2D eigenvalue weighted by molar-refractivity contribution is 0.258. The summed E-state index contributed by atoms with van der Waals surface area (Å²) in [4.78, 5) is 0. The average Bonchev–Trinajstić information content (AvgIpc) is 2.30. The second-order valence-corrected chi connectivity index (χ2v) is 3.73. The van der Waals surface area contributed by atoms with E-state index in [2.05, 4.69) is 6.58 Å². The Labute approximate surface area is 94.8 Å². The Morgan fingerprint density at radius 2 is 1.88 bits per heavy atom. The summed E-state index contributed by atoms with van der Waals surface area (Å²) >= 11 is 0. The van der Waals surface area contributed by atoms with Crippen LogP contribution in [0.4, 0.5) is 0 Å². The van der Waals surface area contributed by atoms with Gasteiger partial charge in [-0.15, -0.1) is 0 Å². The van der Waals surface area contributed by atoms with Crippen molar-refractivity contribution < 1.29 is 9.84 Å². The van der Waals surface area contributed by atoms with Crippen molar-refractivity contribution in [3.8, 4) is 11.5 Å². The van der Waals surface area contributed by atoms with E-state index in [9.17, 15) is 5.11 Å². The first-order valence-electron chi connectivity index (χ1n) is 5.21. The van der Waals surface area contributed by atoms with Crippen LogP contribution in [0, 0.1) is 0 Å². The van der Waals surface area contributed by atoms with E-state index in [-0.39, 0.29) is 11.9 Å². The van der Waals surface area contributed by atoms with Crippen LogP contribution in [-0.2, 0) is 0 Å². The maximum atomic E-state index is 9.79. The number of fused-ring (bicyclic) bond motifs is 1. The quantitative estimate of drug-likeness (QED) is 0.792. The van der Waals surface area contributed by atoms with Crippen molar-refractivity contribution >= 4 is 10.8 Å². The molecular formula is C14H14O2. The van der Waals surface area contributed by atoms with E-state index >= 15 is 0 Å². The Hall–Kier alpha value is -1.96. The smallest absolute Gasteiger partial charge is 0.162 e. The van der Waals surface area contributed by atoms with E-state index in [1.165, 1.54) is 0 Å². The fraction of sp³-hybridized carbons (Fsp3) is 0.143. The van der Waals surface area contributed by atoms with Gasteiger partial charge in [0.05, 0.1) is 0 Å². The molecule has 0 amide bonds. The van der Waals surface area contributed by atoms with Gasteiger partial charge in [-0.3, -0.25) is 0 Å². The van der Waals surface area contributed by atoms with Crippen molar-refractivity contribution in [2.24, 2.45) is 0 Å². The lowest BCUT2D eigenvalue weighted by Gasteiger charge is -2.12. The zero-order chi connectivity index (χ0) is 11.5. The highest BCUT2D eigenvalue weighted by Crippen LogP contribution is 2.31. The summed E-state index contributed by atoms with van der Waals surface area (Å²) in [5.74, 6) is 0.651. The molecule has 0 aliphatic rings. The molecule has 1 N–H and O–H groups in total. The van der Waals surface area contributed by atoms with Gasteiger partial charge in [-0.1, -0.05) is 36.9 Å². The molecule has 2 aromatic carbocycles. The van der Waals surface area contributed by atoms with E-state index in [0.29, 0.717) is 5.75 Å². The summed E-state index contributed by atoms with van der Waals surface area (Å²) in [5.41, 5.74) is 0. The molecule has 2 nitrogen and oxygen atoms in total. The van der Waals surface area contributed by atoms with Crippen molar-refractivity contribution in [2.75, 3.05) is 0 Å². The molecule has 1 atom stereocenters. The number of phenols is 1. The van der Waals surface area contributed by atoms with Gasteiger partial charge in [0.1, 0.15) is 6.10 Å². The van der Waals surface area contributed by atoms with E-state index in [1.807, 2.05) is 37.3 Å². The third-order valence-electron chi connectivity index (χ3n) is 2.47. The normalized spacial score (nSPS) is 12.3. The van der Waals surface area contributed by atoms with Crippen molar-refractivity contribution in [1.82, 2.24) is 0 Å². The highest BCUT2D eigenvalue weighted by atomic mass is 16.5. The van der Waals surface area contributed by atoms with Gasteiger partial charge in [0.2, 0.25) is 0 Å². The Bertz CT molecular complexity index is 517. The zero-order valence-electron chi connectivity index (χ0n) is 9.18. The molecule has 0 aliphatic heterocycles. The molecule has 0 saturated carbocycles. The lowest BCUT2D eigenvalue weighted by atomic mass is 10.1. The third-order valence-corrected chi connectivity index (χ3v) is 2.47. The highest BCUT2D eigenvalue weighted by molar-refractivity contribution is 5.85. The molecule has 0 spiro atoms. The SMILES string of the molecule is C=CC(C)Oc1cc2ccccc2cc1O. The molecule has 2 rings (SSSR count). The van der Waals surface area contributed by atoms with Gasteiger partial charge in [0.15, 0.2) is 11.5 Å². The van der Waals surface area contributed by atoms with Crippen LogP contribution in [0.25, 0.3) is 10.8 Å². The number of phenolic OH excluding ortho intramolecular Hbond substituents is 1. The van der Waals surface area contributed by atoms with Crippen molar-refractivity contribution in [3.05, 3.63) is 49.1 Å². The molecule has 0 radical (unpaired) electrons. The van der Waals surface area contributed by atoms with Crippen LogP contribution in [-0.4, -0.2) is 11.2 Å². The first-order valence-corrected chi connectivity index (χ1v) is 5.21. The summed E-state index contributed by atoms with van der Waals surface area (Å²) in [6.07, 6.45) is 1.57. The number of benzene rings is 2. The second-order valence-electron chi connectivity index (χ2n) is 3.73. The maximum Gasteiger partial charge on any atom is 0.162 e. The molecule has 0 saturated heterocycles. The van der Waals surface area contributed by atoms with Crippen LogP contribution in [0.1, 0.15) is 6.92 Å². The van der Waals surface area contributed by atoms with Gasteiger partial charge in [-0.25, -0.2) is 0 Å². The fourth-order valence-corrected chi connectivity index (χ4v) is 1.55. The molecule has 16 heavy (non-hydrogen) atoms. The molecular weight excluding hydrogens is 200 g/mol. The fourth-order valence-electron chi connectivity index (χ4n) is 1.55. The van der Waals surface area contributed by atoms with Gasteiger partial charge in [0, 0.05) is 0 Å². The Balaban J connectivity index is 2.45. The Morgan fingerprint density at radius 1 is 1.25 bits per heavy atom. The molecule has 0 aliphatic carbocycles.